The highest BCUT2D eigenvalue weighted by Crippen LogP contribution is 2.23. The van der Waals surface area contributed by atoms with Gasteiger partial charge in [0.2, 0.25) is 0 Å². The molecule has 2 N–H and O–H groups in total. The second-order valence-corrected chi connectivity index (χ2v) is 6.65. The molecule has 1 heterocycles. The van der Waals surface area contributed by atoms with Crippen LogP contribution in [0.2, 0.25) is 0 Å². The largest absolute Gasteiger partial charge is 0.381 e. The van der Waals surface area contributed by atoms with Crippen molar-refractivity contribution in [2.24, 2.45) is 10.9 Å². The zero-order chi connectivity index (χ0) is 15.6. The van der Waals surface area contributed by atoms with Crippen molar-refractivity contribution in [3.8, 4) is 0 Å². The molecule has 0 bridgehead atoms. The Morgan fingerprint density at radius 3 is 2.70 bits per heavy atom. The fourth-order valence-electron chi connectivity index (χ4n) is 3.32. The summed E-state index contributed by atoms with van der Waals surface area (Å²) in [4.78, 5) is 4.33. The van der Waals surface area contributed by atoms with Crippen LogP contribution in [0.1, 0.15) is 51.9 Å². The van der Waals surface area contributed by atoms with Crippen LogP contribution in [0.4, 0.5) is 0 Å². The van der Waals surface area contributed by atoms with Gasteiger partial charge in [-0.3, -0.25) is 4.99 Å². The van der Waals surface area contributed by atoms with Crippen molar-refractivity contribution >= 4 is 29.9 Å². The molecule has 0 radical (unpaired) electrons. The molecule has 0 aromatic rings. The second-order valence-electron chi connectivity index (χ2n) is 6.65. The van der Waals surface area contributed by atoms with Gasteiger partial charge in [0.1, 0.15) is 0 Å². The van der Waals surface area contributed by atoms with Gasteiger partial charge in [-0.05, 0) is 38.0 Å². The zero-order valence-corrected chi connectivity index (χ0v) is 17.0. The number of aliphatic imine (C=N–C) groups is 1. The number of halogens is 1. The van der Waals surface area contributed by atoms with Gasteiger partial charge in [-0.15, -0.1) is 24.0 Å². The fraction of sp³-hybridized carbons (Fsp3) is 0.941. The Kier molecular flexibility index (Phi) is 11.2. The van der Waals surface area contributed by atoms with Gasteiger partial charge in [-0.1, -0.05) is 19.8 Å². The normalized spacial score (nSPS) is 26.4. The lowest BCUT2D eigenvalue weighted by Crippen LogP contribution is -2.45. The van der Waals surface area contributed by atoms with E-state index in [1.807, 2.05) is 7.05 Å². The lowest BCUT2D eigenvalue weighted by molar-refractivity contribution is -0.0320. The van der Waals surface area contributed by atoms with Crippen LogP contribution < -0.4 is 10.6 Å². The van der Waals surface area contributed by atoms with E-state index in [0.717, 1.165) is 57.5 Å². The second kappa shape index (κ2) is 12.3. The van der Waals surface area contributed by atoms with E-state index in [4.69, 9.17) is 9.47 Å². The minimum absolute atomic E-state index is 0. The predicted molar refractivity (Wildman–Crippen MR) is 106 cm³/mol. The molecule has 23 heavy (non-hydrogen) atoms. The monoisotopic (exact) mass is 439 g/mol. The fourth-order valence-corrected chi connectivity index (χ4v) is 3.32. The minimum atomic E-state index is 0. The first-order chi connectivity index (χ1) is 10.8. The Balaban J connectivity index is 0.00000264. The smallest absolute Gasteiger partial charge is 0.191 e. The number of guanidine groups is 1. The van der Waals surface area contributed by atoms with Crippen LogP contribution >= 0.6 is 24.0 Å². The van der Waals surface area contributed by atoms with Crippen molar-refractivity contribution in [2.45, 2.75) is 64.0 Å². The number of nitrogens with one attached hydrogen (secondary N) is 2. The Labute approximate surface area is 158 Å². The molecule has 1 aliphatic carbocycles. The summed E-state index contributed by atoms with van der Waals surface area (Å²) in [6, 6.07) is 0.577. The van der Waals surface area contributed by atoms with E-state index in [0.29, 0.717) is 12.1 Å². The number of rotatable bonds is 6. The minimum Gasteiger partial charge on any atom is -0.381 e. The van der Waals surface area contributed by atoms with Gasteiger partial charge in [-0.2, -0.15) is 0 Å². The third-order valence-corrected chi connectivity index (χ3v) is 4.64. The molecular weight excluding hydrogens is 405 g/mol. The maximum atomic E-state index is 5.88. The highest BCUT2D eigenvalue weighted by molar-refractivity contribution is 14.0. The Morgan fingerprint density at radius 2 is 2.00 bits per heavy atom. The molecule has 2 fully saturated rings. The van der Waals surface area contributed by atoms with Crippen molar-refractivity contribution in [1.82, 2.24) is 10.6 Å². The third-order valence-electron chi connectivity index (χ3n) is 4.64. The van der Waals surface area contributed by atoms with E-state index in [2.05, 4.69) is 22.5 Å². The van der Waals surface area contributed by atoms with E-state index < -0.39 is 0 Å². The molecule has 0 aromatic carbocycles. The standard InChI is InChI=1S/C17H33N3O2.HI/c1-14-5-3-6-15(13-14)20-17(18-2)19-9-4-10-22-16-7-11-21-12-8-16;/h14-16H,3-13H2,1-2H3,(H2,18,19,20);1H. The zero-order valence-electron chi connectivity index (χ0n) is 14.7. The van der Waals surface area contributed by atoms with Gasteiger partial charge in [-0.25, -0.2) is 0 Å². The van der Waals surface area contributed by atoms with Crippen molar-refractivity contribution < 1.29 is 9.47 Å². The molecule has 6 heteroatoms. The first-order valence-corrected chi connectivity index (χ1v) is 8.94. The summed E-state index contributed by atoms with van der Waals surface area (Å²) in [6.45, 7) is 5.76. The Hall–Kier alpha value is -0.0800. The van der Waals surface area contributed by atoms with Crippen LogP contribution in [-0.2, 0) is 9.47 Å². The summed E-state index contributed by atoms with van der Waals surface area (Å²) in [5.41, 5.74) is 0. The first-order valence-electron chi connectivity index (χ1n) is 8.94. The van der Waals surface area contributed by atoms with Crippen LogP contribution in [-0.4, -0.2) is 51.5 Å². The van der Waals surface area contributed by atoms with Gasteiger partial charge in [0.05, 0.1) is 6.10 Å². The highest BCUT2D eigenvalue weighted by atomic mass is 127. The molecule has 0 amide bonds. The quantitative estimate of drug-likeness (QED) is 0.289. The average Bonchev–Trinajstić information content (AvgIpc) is 2.54. The molecule has 0 aromatic heterocycles. The molecule has 1 aliphatic heterocycles. The van der Waals surface area contributed by atoms with Crippen LogP contribution in [0.3, 0.4) is 0 Å². The predicted octanol–water partition coefficient (Wildman–Crippen LogP) is 2.93. The van der Waals surface area contributed by atoms with Gasteiger partial charge < -0.3 is 20.1 Å². The van der Waals surface area contributed by atoms with Gasteiger partial charge in [0.25, 0.3) is 0 Å². The summed E-state index contributed by atoms with van der Waals surface area (Å²) in [7, 11) is 1.85. The van der Waals surface area contributed by atoms with Crippen LogP contribution in [0.15, 0.2) is 4.99 Å². The molecule has 2 rings (SSSR count). The maximum absolute atomic E-state index is 5.88. The van der Waals surface area contributed by atoms with Crippen molar-refractivity contribution in [3.05, 3.63) is 0 Å². The van der Waals surface area contributed by atoms with Crippen molar-refractivity contribution in [3.63, 3.8) is 0 Å². The maximum Gasteiger partial charge on any atom is 0.191 e. The molecular formula is C17H34IN3O2. The van der Waals surface area contributed by atoms with E-state index in [1.54, 1.807) is 0 Å². The number of hydrogen-bond donors (Lipinski definition) is 2. The molecule has 2 unspecified atom stereocenters. The van der Waals surface area contributed by atoms with E-state index >= 15 is 0 Å². The van der Waals surface area contributed by atoms with E-state index in [1.165, 1.54) is 25.7 Å². The summed E-state index contributed by atoms with van der Waals surface area (Å²) in [6.07, 6.45) is 8.70. The SMILES string of the molecule is CN=C(NCCCOC1CCOCC1)NC1CCCC(C)C1.I. The number of nitrogens with zero attached hydrogens (tertiary/aromatic N) is 1. The van der Waals surface area contributed by atoms with Crippen molar-refractivity contribution in [2.75, 3.05) is 33.4 Å². The van der Waals surface area contributed by atoms with Crippen LogP contribution in [0, 0.1) is 5.92 Å². The average molecular weight is 439 g/mol. The molecule has 2 aliphatic rings. The van der Waals surface area contributed by atoms with Gasteiger partial charge in [0.15, 0.2) is 5.96 Å². The highest BCUT2D eigenvalue weighted by Gasteiger charge is 2.19. The molecule has 1 saturated heterocycles. The molecule has 1 saturated carbocycles. The molecule has 0 spiro atoms. The lowest BCUT2D eigenvalue weighted by Gasteiger charge is -2.28. The van der Waals surface area contributed by atoms with Gasteiger partial charge in [0, 0.05) is 39.5 Å². The van der Waals surface area contributed by atoms with Crippen LogP contribution in [0.25, 0.3) is 0 Å². The third kappa shape index (κ3) is 8.54. The Bertz CT molecular complexity index is 336. The molecule has 2 atom stereocenters. The Morgan fingerprint density at radius 1 is 1.22 bits per heavy atom. The van der Waals surface area contributed by atoms with Gasteiger partial charge >= 0.3 is 0 Å². The lowest BCUT2D eigenvalue weighted by atomic mass is 9.87. The van der Waals surface area contributed by atoms with E-state index in [-0.39, 0.29) is 24.0 Å². The summed E-state index contributed by atoms with van der Waals surface area (Å²) in [5, 5.41) is 6.96. The summed E-state index contributed by atoms with van der Waals surface area (Å²) < 4.78 is 11.2. The van der Waals surface area contributed by atoms with E-state index in [9.17, 15) is 0 Å². The summed E-state index contributed by atoms with van der Waals surface area (Å²) in [5.74, 6) is 1.77. The topological polar surface area (TPSA) is 54.9 Å². The molecule has 5 nitrogen and oxygen atoms in total. The molecule has 136 valence electrons. The van der Waals surface area contributed by atoms with Crippen molar-refractivity contribution in [1.29, 1.82) is 0 Å². The first kappa shape index (κ1) is 21.0. The number of ether oxygens (including phenoxy) is 2. The summed E-state index contributed by atoms with van der Waals surface area (Å²) >= 11 is 0. The van der Waals surface area contributed by atoms with Crippen LogP contribution in [0.5, 0.6) is 0 Å². The number of hydrogen-bond acceptors (Lipinski definition) is 3.